The molecule has 0 radical (unpaired) electrons. The molecule has 1 aliphatic rings. The van der Waals surface area contributed by atoms with E-state index in [0.29, 0.717) is 19.4 Å². The first-order valence-electron chi connectivity index (χ1n) is 6.43. The second-order valence-electron chi connectivity index (χ2n) is 4.80. The molecule has 1 aliphatic heterocycles. The average Bonchev–Trinajstić information content (AvgIpc) is 2.95. The van der Waals surface area contributed by atoms with Crippen molar-refractivity contribution in [2.24, 2.45) is 5.92 Å². The summed E-state index contributed by atoms with van der Waals surface area (Å²) in [4.78, 5) is 26.4. The number of aromatic nitrogens is 1. The highest BCUT2D eigenvalue weighted by molar-refractivity contribution is 7.09. The lowest BCUT2D eigenvalue weighted by Gasteiger charge is -2.27. The summed E-state index contributed by atoms with van der Waals surface area (Å²) in [5.41, 5.74) is -0.444. The number of ether oxygens (including phenoxy) is 1. The molecule has 1 fully saturated rings. The number of amides is 1. The number of alkyl halides is 3. The fourth-order valence-corrected chi connectivity index (χ4v) is 2.80. The van der Waals surface area contributed by atoms with Crippen molar-refractivity contribution in [2.75, 3.05) is 13.2 Å². The second-order valence-corrected chi connectivity index (χ2v) is 5.66. The molecule has 0 saturated carbocycles. The van der Waals surface area contributed by atoms with E-state index in [0.717, 1.165) is 5.38 Å². The van der Waals surface area contributed by atoms with Crippen molar-refractivity contribution in [3.63, 3.8) is 0 Å². The Balaban J connectivity index is 2.07. The second kappa shape index (κ2) is 6.61. The van der Waals surface area contributed by atoms with Gasteiger partial charge >= 0.3 is 12.1 Å². The number of nitrogens with zero attached hydrogens (tertiary/aromatic N) is 1. The van der Waals surface area contributed by atoms with Gasteiger partial charge in [0.25, 0.3) is 5.91 Å². The molecule has 6 nitrogen and oxygen atoms in total. The number of carbonyl (C=O) groups excluding carboxylic acids is 1. The van der Waals surface area contributed by atoms with E-state index in [1.807, 2.05) is 0 Å². The minimum absolute atomic E-state index is 0.183. The van der Waals surface area contributed by atoms with Gasteiger partial charge in [0.1, 0.15) is 11.7 Å². The fraction of sp³-hybridized carbons (Fsp3) is 0.583. The SMILES string of the molecule is O=C(N[C@@H](C(=O)O)[C@H]1CCCOC1)c1csc(C(F)(F)F)n1. The Hall–Kier alpha value is -1.68. The molecule has 0 bridgehead atoms. The Morgan fingerprint density at radius 3 is 2.73 bits per heavy atom. The Labute approximate surface area is 127 Å². The van der Waals surface area contributed by atoms with Gasteiger partial charge in [-0.25, -0.2) is 9.78 Å². The third-order valence-corrected chi connectivity index (χ3v) is 4.09. The van der Waals surface area contributed by atoms with E-state index in [9.17, 15) is 27.9 Å². The van der Waals surface area contributed by atoms with Crippen LogP contribution in [0.1, 0.15) is 28.3 Å². The molecule has 0 unspecified atom stereocenters. The van der Waals surface area contributed by atoms with E-state index < -0.39 is 40.7 Å². The number of carbonyl (C=O) groups is 2. The summed E-state index contributed by atoms with van der Waals surface area (Å²) in [7, 11) is 0. The summed E-state index contributed by atoms with van der Waals surface area (Å²) in [6.45, 7) is 0.708. The predicted octanol–water partition coefficient (Wildman–Crippen LogP) is 1.77. The molecule has 22 heavy (non-hydrogen) atoms. The molecule has 1 saturated heterocycles. The smallest absolute Gasteiger partial charge is 0.443 e. The van der Waals surface area contributed by atoms with Crippen molar-refractivity contribution in [1.29, 1.82) is 0 Å². The minimum Gasteiger partial charge on any atom is -0.480 e. The number of nitrogens with one attached hydrogen (secondary N) is 1. The number of rotatable bonds is 4. The van der Waals surface area contributed by atoms with Gasteiger partial charge in [-0.15, -0.1) is 11.3 Å². The van der Waals surface area contributed by atoms with Crippen LogP contribution in [0.5, 0.6) is 0 Å². The monoisotopic (exact) mass is 338 g/mol. The highest BCUT2D eigenvalue weighted by Crippen LogP contribution is 2.31. The summed E-state index contributed by atoms with van der Waals surface area (Å²) in [5, 5.41) is 11.2. The molecule has 1 amide bonds. The summed E-state index contributed by atoms with van der Waals surface area (Å²) >= 11 is 0.287. The number of carboxylic acids is 1. The largest absolute Gasteiger partial charge is 0.480 e. The first-order chi connectivity index (χ1) is 10.3. The van der Waals surface area contributed by atoms with Gasteiger partial charge < -0.3 is 15.2 Å². The highest BCUT2D eigenvalue weighted by Gasteiger charge is 2.36. The summed E-state index contributed by atoms with van der Waals surface area (Å²) in [6, 6.07) is -1.22. The zero-order chi connectivity index (χ0) is 16.3. The normalized spacial score (nSPS) is 20.4. The van der Waals surface area contributed by atoms with Crippen LogP contribution in [0.3, 0.4) is 0 Å². The van der Waals surface area contributed by atoms with Crippen LogP contribution in [0.25, 0.3) is 0 Å². The molecular weight excluding hydrogens is 325 g/mol. The average molecular weight is 338 g/mol. The number of hydrogen-bond acceptors (Lipinski definition) is 5. The number of halogens is 3. The summed E-state index contributed by atoms with van der Waals surface area (Å²) < 4.78 is 42.5. The molecule has 122 valence electrons. The van der Waals surface area contributed by atoms with Crippen molar-refractivity contribution in [1.82, 2.24) is 10.3 Å². The zero-order valence-corrected chi connectivity index (χ0v) is 12.0. The van der Waals surface area contributed by atoms with Crippen molar-refractivity contribution >= 4 is 23.2 Å². The molecule has 1 aromatic rings. The Morgan fingerprint density at radius 1 is 1.50 bits per heavy atom. The van der Waals surface area contributed by atoms with Crippen LogP contribution >= 0.6 is 11.3 Å². The Morgan fingerprint density at radius 2 is 2.23 bits per heavy atom. The molecule has 10 heteroatoms. The Kier molecular flexibility index (Phi) is 5.01. The lowest BCUT2D eigenvalue weighted by molar-refractivity contribution is -0.142. The van der Waals surface area contributed by atoms with Gasteiger partial charge in [-0.1, -0.05) is 0 Å². The quantitative estimate of drug-likeness (QED) is 0.873. The van der Waals surface area contributed by atoms with E-state index in [2.05, 4.69) is 10.3 Å². The van der Waals surface area contributed by atoms with Crippen LogP contribution in [-0.4, -0.2) is 41.2 Å². The minimum atomic E-state index is -4.63. The van der Waals surface area contributed by atoms with Crippen molar-refractivity contribution < 1.29 is 32.6 Å². The zero-order valence-electron chi connectivity index (χ0n) is 11.2. The van der Waals surface area contributed by atoms with Gasteiger partial charge in [0.15, 0.2) is 5.01 Å². The van der Waals surface area contributed by atoms with E-state index in [1.165, 1.54) is 0 Å². The molecule has 2 heterocycles. The van der Waals surface area contributed by atoms with Gasteiger partial charge in [-0.05, 0) is 12.8 Å². The maximum absolute atomic E-state index is 12.5. The van der Waals surface area contributed by atoms with Crippen LogP contribution in [0.15, 0.2) is 5.38 Å². The Bertz CT molecular complexity index is 555. The number of aliphatic carboxylic acids is 1. The molecular formula is C12H13F3N2O4S. The van der Waals surface area contributed by atoms with Gasteiger partial charge in [0, 0.05) is 17.9 Å². The van der Waals surface area contributed by atoms with Crippen LogP contribution in [0, 0.1) is 5.92 Å². The topological polar surface area (TPSA) is 88.5 Å². The van der Waals surface area contributed by atoms with E-state index in [-0.39, 0.29) is 17.9 Å². The fourth-order valence-electron chi connectivity index (χ4n) is 2.13. The molecule has 2 atom stereocenters. The standard InChI is InChI=1S/C12H13F3N2O4S/c13-12(14,15)11-16-7(5-22-11)9(18)17-8(10(19)20)6-2-1-3-21-4-6/h5-6,8H,1-4H2,(H,17,18)(H,19,20)/t6-,8+/m0/s1. The summed E-state index contributed by atoms with van der Waals surface area (Å²) in [6.07, 6.45) is -3.41. The molecule has 2 rings (SSSR count). The molecule has 0 aliphatic carbocycles. The summed E-state index contributed by atoms with van der Waals surface area (Å²) in [5.74, 6) is -2.62. The van der Waals surface area contributed by atoms with E-state index in [1.54, 1.807) is 0 Å². The van der Waals surface area contributed by atoms with Gasteiger partial charge in [0.2, 0.25) is 0 Å². The van der Waals surface area contributed by atoms with E-state index in [4.69, 9.17) is 4.74 Å². The number of hydrogen-bond donors (Lipinski definition) is 2. The third-order valence-electron chi connectivity index (χ3n) is 3.20. The van der Waals surface area contributed by atoms with Crippen LogP contribution < -0.4 is 5.32 Å². The van der Waals surface area contributed by atoms with Gasteiger partial charge in [-0.3, -0.25) is 4.79 Å². The van der Waals surface area contributed by atoms with Crippen molar-refractivity contribution in [2.45, 2.75) is 25.1 Å². The molecule has 0 spiro atoms. The first kappa shape index (κ1) is 16.7. The third kappa shape index (κ3) is 3.95. The van der Waals surface area contributed by atoms with Crippen molar-refractivity contribution in [3.05, 3.63) is 16.1 Å². The number of carboxylic acid groups (broad SMARTS) is 1. The molecule has 2 N–H and O–H groups in total. The van der Waals surface area contributed by atoms with Gasteiger partial charge in [-0.2, -0.15) is 13.2 Å². The molecule has 0 aromatic carbocycles. The maximum Gasteiger partial charge on any atom is 0.443 e. The number of thiazole rings is 1. The van der Waals surface area contributed by atoms with Gasteiger partial charge in [0.05, 0.1) is 6.61 Å². The maximum atomic E-state index is 12.5. The lowest BCUT2D eigenvalue weighted by Crippen LogP contribution is -2.48. The van der Waals surface area contributed by atoms with Crippen LogP contribution in [0.4, 0.5) is 13.2 Å². The highest BCUT2D eigenvalue weighted by atomic mass is 32.1. The lowest BCUT2D eigenvalue weighted by atomic mass is 9.93. The van der Waals surface area contributed by atoms with E-state index >= 15 is 0 Å². The predicted molar refractivity (Wildman–Crippen MR) is 69.5 cm³/mol. The van der Waals surface area contributed by atoms with Crippen LogP contribution in [0.2, 0.25) is 0 Å². The van der Waals surface area contributed by atoms with Crippen LogP contribution in [-0.2, 0) is 15.7 Å². The first-order valence-corrected chi connectivity index (χ1v) is 7.31. The van der Waals surface area contributed by atoms with Crippen molar-refractivity contribution in [3.8, 4) is 0 Å². The molecule has 1 aromatic heterocycles.